The molecule has 2 unspecified atom stereocenters. The Bertz CT molecular complexity index is 397. The Balaban J connectivity index is 2.31. The second kappa shape index (κ2) is 5.25. The SMILES string of the molecule is CC1CN(c2ccc(Cl)cc2CN)C(C)CO1. The van der Waals surface area contributed by atoms with Gasteiger partial charge in [-0.1, -0.05) is 11.6 Å². The van der Waals surface area contributed by atoms with Crippen molar-refractivity contribution in [3.63, 3.8) is 0 Å². The van der Waals surface area contributed by atoms with Gasteiger partial charge < -0.3 is 15.4 Å². The average molecular weight is 255 g/mol. The van der Waals surface area contributed by atoms with Gasteiger partial charge in [-0.2, -0.15) is 0 Å². The number of nitrogens with two attached hydrogens (primary N) is 1. The zero-order valence-electron chi connectivity index (χ0n) is 10.3. The minimum atomic E-state index is 0.257. The minimum Gasteiger partial charge on any atom is -0.375 e. The minimum absolute atomic E-state index is 0.257. The first kappa shape index (κ1) is 12.7. The number of rotatable bonds is 2. The summed E-state index contributed by atoms with van der Waals surface area (Å²) in [7, 11) is 0. The van der Waals surface area contributed by atoms with Gasteiger partial charge in [-0.3, -0.25) is 0 Å². The number of nitrogens with zero attached hydrogens (tertiary/aromatic N) is 1. The van der Waals surface area contributed by atoms with Gasteiger partial charge in [-0.15, -0.1) is 0 Å². The Kier molecular flexibility index (Phi) is 3.92. The Hall–Kier alpha value is -0.770. The van der Waals surface area contributed by atoms with Gasteiger partial charge in [0.25, 0.3) is 0 Å². The fraction of sp³-hybridized carbons (Fsp3) is 0.538. The summed E-state index contributed by atoms with van der Waals surface area (Å²) in [4.78, 5) is 2.35. The van der Waals surface area contributed by atoms with Gasteiger partial charge in [0.1, 0.15) is 0 Å². The average Bonchev–Trinajstić information content (AvgIpc) is 2.32. The zero-order chi connectivity index (χ0) is 12.4. The van der Waals surface area contributed by atoms with Crippen molar-refractivity contribution in [2.24, 2.45) is 5.73 Å². The summed E-state index contributed by atoms with van der Waals surface area (Å²) in [6, 6.07) is 6.30. The molecule has 0 aliphatic carbocycles. The topological polar surface area (TPSA) is 38.5 Å². The van der Waals surface area contributed by atoms with E-state index in [0.29, 0.717) is 12.6 Å². The molecule has 2 N–H and O–H groups in total. The molecule has 0 radical (unpaired) electrons. The van der Waals surface area contributed by atoms with E-state index in [2.05, 4.69) is 24.8 Å². The van der Waals surface area contributed by atoms with Gasteiger partial charge in [0, 0.05) is 29.8 Å². The summed E-state index contributed by atoms with van der Waals surface area (Å²) in [6.07, 6.45) is 0.257. The van der Waals surface area contributed by atoms with Gasteiger partial charge in [0.15, 0.2) is 0 Å². The second-order valence-electron chi connectivity index (χ2n) is 4.62. The van der Waals surface area contributed by atoms with Crippen molar-refractivity contribution in [2.45, 2.75) is 32.5 Å². The van der Waals surface area contributed by atoms with E-state index in [-0.39, 0.29) is 6.10 Å². The maximum absolute atomic E-state index is 6.00. The molecule has 0 spiro atoms. The van der Waals surface area contributed by atoms with E-state index < -0.39 is 0 Å². The molecule has 1 aliphatic heterocycles. The van der Waals surface area contributed by atoms with Gasteiger partial charge in [-0.25, -0.2) is 0 Å². The van der Waals surface area contributed by atoms with Crippen molar-refractivity contribution in [1.29, 1.82) is 0 Å². The van der Waals surface area contributed by atoms with Crippen LogP contribution >= 0.6 is 11.6 Å². The number of hydrogen-bond acceptors (Lipinski definition) is 3. The van der Waals surface area contributed by atoms with E-state index in [1.54, 1.807) is 0 Å². The highest BCUT2D eigenvalue weighted by Gasteiger charge is 2.24. The quantitative estimate of drug-likeness (QED) is 0.881. The lowest BCUT2D eigenvalue weighted by Gasteiger charge is -2.39. The molecule has 1 aromatic carbocycles. The third-order valence-electron chi connectivity index (χ3n) is 3.18. The van der Waals surface area contributed by atoms with Crippen LogP contribution in [-0.4, -0.2) is 25.3 Å². The first-order valence-corrected chi connectivity index (χ1v) is 6.36. The Morgan fingerprint density at radius 2 is 2.24 bits per heavy atom. The summed E-state index contributed by atoms with van der Waals surface area (Å²) in [6.45, 7) is 6.43. The number of morpholine rings is 1. The third kappa shape index (κ3) is 2.73. The first-order valence-electron chi connectivity index (χ1n) is 5.98. The van der Waals surface area contributed by atoms with E-state index >= 15 is 0 Å². The van der Waals surface area contributed by atoms with Crippen LogP contribution in [0.25, 0.3) is 0 Å². The summed E-state index contributed by atoms with van der Waals surface area (Å²) < 4.78 is 5.64. The standard InChI is InChI=1S/C13H19ClN2O/c1-9-8-17-10(2)7-16(9)13-4-3-12(14)5-11(13)6-15/h3-5,9-10H,6-8,15H2,1-2H3. The molecular weight excluding hydrogens is 236 g/mol. The van der Waals surface area contributed by atoms with Crippen molar-refractivity contribution in [1.82, 2.24) is 0 Å². The molecule has 3 nitrogen and oxygen atoms in total. The van der Waals surface area contributed by atoms with Crippen molar-refractivity contribution in [3.05, 3.63) is 28.8 Å². The van der Waals surface area contributed by atoms with Crippen LogP contribution in [0.1, 0.15) is 19.4 Å². The van der Waals surface area contributed by atoms with Gasteiger partial charge in [0.05, 0.1) is 12.7 Å². The number of anilines is 1. The zero-order valence-corrected chi connectivity index (χ0v) is 11.1. The Morgan fingerprint density at radius 3 is 2.94 bits per heavy atom. The van der Waals surface area contributed by atoms with Crippen molar-refractivity contribution >= 4 is 17.3 Å². The molecule has 17 heavy (non-hydrogen) atoms. The molecule has 1 heterocycles. The highest BCUT2D eigenvalue weighted by Crippen LogP contribution is 2.28. The molecular formula is C13H19ClN2O. The molecule has 0 amide bonds. The van der Waals surface area contributed by atoms with Crippen LogP contribution in [0.15, 0.2) is 18.2 Å². The summed E-state index contributed by atoms with van der Waals surface area (Å²) in [5.41, 5.74) is 8.07. The molecule has 0 aromatic heterocycles. The Labute approximate surface area is 107 Å². The summed E-state index contributed by atoms with van der Waals surface area (Å²) >= 11 is 6.00. The molecule has 1 saturated heterocycles. The number of ether oxygens (including phenoxy) is 1. The summed E-state index contributed by atoms with van der Waals surface area (Å²) in [5, 5.41) is 0.739. The van der Waals surface area contributed by atoms with Crippen molar-refractivity contribution < 1.29 is 4.74 Å². The van der Waals surface area contributed by atoms with Crippen LogP contribution in [-0.2, 0) is 11.3 Å². The van der Waals surface area contributed by atoms with Crippen molar-refractivity contribution in [3.8, 4) is 0 Å². The lowest BCUT2D eigenvalue weighted by atomic mass is 10.1. The summed E-state index contributed by atoms with van der Waals surface area (Å²) in [5.74, 6) is 0. The van der Waals surface area contributed by atoms with Gasteiger partial charge in [0.2, 0.25) is 0 Å². The lowest BCUT2D eigenvalue weighted by Crippen LogP contribution is -2.47. The normalized spacial score (nSPS) is 25.1. The Morgan fingerprint density at radius 1 is 1.47 bits per heavy atom. The van der Waals surface area contributed by atoms with Crippen LogP contribution in [0.4, 0.5) is 5.69 Å². The van der Waals surface area contributed by atoms with Crippen LogP contribution in [0, 0.1) is 0 Å². The molecule has 1 aliphatic rings. The van der Waals surface area contributed by atoms with E-state index in [0.717, 1.165) is 23.7 Å². The largest absolute Gasteiger partial charge is 0.375 e. The van der Waals surface area contributed by atoms with Crippen LogP contribution in [0.3, 0.4) is 0 Å². The smallest absolute Gasteiger partial charge is 0.0723 e. The van der Waals surface area contributed by atoms with Crippen LogP contribution < -0.4 is 10.6 Å². The van der Waals surface area contributed by atoms with E-state index in [1.165, 1.54) is 5.69 Å². The highest BCUT2D eigenvalue weighted by molar-refractivity contribution is 6.30. The molecule has 0 bridgehead atoms. The van der Waals surface area contributed by atoms with Crippen LogP contribution in [0.2, 0.25) is 5.02 Å². The molecule has 2 atom stereocenters. The van der Waals surface area contributed by atoms with Crippen molar-refractivity contribution in [2.75, 3.05) is 18.1 Å². The third-order valence-corrected chi connectivity index (χ3v) is 3.41. The highest BCUT2D eigenvalue weighted by atomic mass is 35.5. The molecule has 94 valence electrons. The van der Waals surface area contributed by atoms with Gasteiger partial charge in [-0.05, 0) is 37.6 Å². The number of halogens is 1. The van der Waals surface area contributed by atoms with E-state index in [1.807, 2.05) is 12.1 Å². The van der Waals surface area contributed by atoms with E-state index in [4.69, 9.17) is 22.1 Å². The molecule has 4 heteroatoms. The fourth-order valence-corrected chi connectivity index (χ4v) is 2.43. The number of hydrogen-bond donors (Lipinski definition) is 1. The van der Waals surface area contributed by atoms with E-state index in [9.17, 15) is 0 Å². The fourth-order valence-electron chi connectivity index (χ4n) is 2.24. The molecule has 1 aromatic rings. The maximum Gasteiger partial charge on any atom is 0.0723 e. The first-order chi connectivity index (χ1) is 8.11. The lowest BCUT2D eigenvalue weighted by molar-refractivity contribution is 0.0343. The van der Waals surface area contributed by atoms with Crippen LogP contribution in [0.5, 0.6) is 0 Å². The predicted octanol–water partition coefficient (Wildman–Crippen LogP) is 2.41. The second-order valence-corrected chi connectivity index (χ2v) is 5.06. The molecule has 0 saturated carbocycles. The maximum atomic E-state index is 6.00. The number of benzene rings is 1. The molecule has 2 rings (SSSR count). The predicted molar refractivity (Wildman–Crippen MR) is 71.6 cm³/mol. The molecule has 1 fully saturated rings. The van der Waals surface area contributed by atoms with Gasteiger partial charge >= 0.3 is 0 Å². The monoisotopic (exact) mass is 254 g/mol.